The summed E-state index contributed by atoms with van der Waals surface area (Å²) in [5.74, 6) is 1.86. The zero-order chi connectivity index (χ0) is 15.9. The summed E-state index contributed by atoms with van der Waals surface area (Å²) < 4.78 is 10.8. The third kappa shape index (κ3) is 4.21. The van der Waals surface area contributed by atoms with Gasteiger partial charge in [-0.05, 0) is 32.6 Å². The number of anilines is 1. The van der Waals surface area contributed by atoms with E-state index in [4.69, 9.17) is 9.26 Å². The number of hydrogen-bond acceptors (Lipinski definition) is 6. The summed E-state index contributed by atoms with van der Waals surface area (Å²) in [5, 5.41) is 7.37. The first-order valence-corrected chi connectivity index (χ1v) is 7.53. The molecule has 0 amide bonds. The van der Waals surface area contributed by atoms with E-state index < -0.39 is 0 Å². The third-order valence-corrected chi connectivity index (χ3v) is 3.22. The number of hydrogen-bond donors (Lipinski definition) is 1. The van der Waals surface area contributed by atoms with E-state index in [9.17, 15) is 0 Å². The summed E-state index contributed by atoms with van der Waals surface area (Å²) in [4.78, 5) is 6.41. The average Bonchev–Trinajstić information content (AvgIpc) is 2.94. The highest BCUT2D eigenvalue weighted by Gasteiger charge is 2.14. The second-order valence-corrected chi connectivity index (χ2v) is 5.45. The van der Waals surface area contributed by atoms with E-state index in [1.54, 1.807) is 7.11 Å². The molecular weight excluding hydrogens is 280 g/mol. The van der Waals surface area contributed by atoms with Gasteiger partial charge in [-0.15, -0.1) is 0 Å². The molecule has 0 aliphatic rings. The molecule has 0 bridgehead atoms. The van der Waals surface area contributed by atoms with Gasteiger partial charge in [0.05, 0.1) is 19.2 Å². The summed E-state index contributed by atoms with van der Waals surface area (Å²) in [6.07, 6.45) is 2.31. The molecule has 0 aliphatic heterocycles. The summed E-state index contributed by atoms with van der Waals surface area (Å²) in [5.41, 5.74) is 1.84. The highest BCUT2D eigenvalue weighted by molar-refractivity contribution is 5.67. The smallest absolute Gasteiger partial charge is 0.261 e. The van der Waals surface area contributed by atoms with Crippen LogP contribution in [0, 0.1) is 0 Å². The molecule has 1 aromatic carbocycles. The van der Waals surface area contributed by atoms with Crippen LogP contribution in [-0.2, 0) is 6.54 Å². The highest BCUT2D eigenvalue weighted by Crippen LogP contribution is 2.31. The predicted octanol–water partition coefficient (Wildman–Crippen LogP) is 3.02. The van der Waals surface area contributed by atoms with Crippen molar-refractivity contribution in [3.8, 4) is 17.2 Å². The molecule has 0 saturated heterocycles. The van der Waals surface area contributed by atoms with Gasteiger partial charge in [-0.3, -0.25) is 0 Å². The van der Waals surface area contributed by atoms with Crippen molar-refractivity contribution < 1.29 is 9.26 Å². The topological polar surface area (TPSA) is 63.4 Å². The Morgan fingerprint density at radius 3 is 2.82 bits per heavy atom. The summed E-state index contributed by atoms with van der Waals surface area (Å²) >= 11 is 0. The van der Waals surface area contributed by atoms with Crippen LogP contribution in [0.1, 0.15) is 25.6 Å². The molecule has 1 N–H and O–H groups in total. The summed E-state index contributed by atoms with van der Waals surface area (Å²) in [7, 11) is 5.58. The van der Waals surface area contributed by atoms with E-state index in [-0.39, 0.29) is 0 Å². The molecule has 0 aliphatic carbocycles. The zero-order valence-corrected chi connectivity index (χ0v) is 13.7. The fourth-order valence-electron chi connectivity index (χ4n) is 2.10. The van der Waals surface area contributed by atoms with Crippen LogP contribution in [-0.4, -0.2) is 42.8 Å². The van der Waals surface area contributed by atoms with Crippen LogP contribution in [0.3, 0.4) is 0 Å². The lowest BCUT2D eigenvalue weighted by Gasteiger charge is -2.10. The fourth-order valence-corrected chi connectivity index (χ4v) is 2.10. The molecule has 6 nitrogen and oxygen atoms in total. The van der Waals surface area contributed by atoms with E-state index in [2.05, 4.69) is 22.4 Å². The lowest BCUT2D eigenvalue weighted by Crippen LogP contribution is -2.11. The van der Waals surface area contributed by atoms with Gasteiger partial charge in [0.25, 0.3) is 5.89 Å². The van der Waals surface area contributed by atoms with Gasteiger partial charge in [0.15, 0.2) is 5.82 Å². The van der Waals surface area contributed by atoms with Crippen molar-refractivity contribution in [1.82, 2.24) is 15.0 Å². The van der Waals surface area contributed by atoms with Gasteiger partial charge < -0.3 is 19.5 Å². The quantitative estimate of drug-likeness (QED) is 0.756. The number of nitrogens with zero attached hydrogens (tertiary/aromatic N) is 3. The molecule has 1 heterocycles. The number of rotatable bonds is 8. The Bertz CT molecular complexity index is 596. The Morgan fingerprint density at radius 1 is 1.32 bits per heavy atom. The molecule has 0 radical (unpaired) electrons. The molecule has 6 heteroatoms. The SMILES string of the molecule is CCCCNc1ccc(-c2nc(CN(C)C)no2)c(OC)c1. The predicted molar refractivity (Wildman–Crippen MR) is 87.1 cm³/mol. The Hall–Kier alpha value is -2.08. The minimum atomic E-state index is 0.480. The van der Waals surface area contributed by atoms with E-state index in [1.807, 2.05) is 37.2 Å². The molecular formula is C16H24N4O2. The van der Waals surface area contributed by atoms with E-state index in [0.29, 0.717) is 18.3 Å². The van der Waals surface area contributed by atoms with Crippen molar-refractivity contribution >= 4 is 5.69 Å². The minimum Gasteiger partial charge on any atom is -0.496 e. The summed E-state index contributed by atoms with van der Waals surface area (Å²) in [6, 6.07) is 5.91. The van der Waals surface area contributed by atoms with Gasteiger partial charge in [0.1, 0.15) is 5.75 Å². The van der Waals surface area contributed by atoms with E-state index in [1.165, 1.54) is 6.42 Å². The Kier molecular flexibility index (Phi) is 5.77. The average molecular weight is 304 g/mol. The van der Waals surface area contributed by atoms with Crippen molar-refractivity contribution in [2.75, 3.05) is 33.1 Å². The Balaban J connectivity index is 2.17. The number of aromatic nitrogens is 2. The molecule has 120 valence electrons. The third-order valence-electron chi connectivity index (χ3n) is 3.22. The van der Waals surface area contributed by atoms with Crippen LogP contribution in [0.4, 0.5) is 5.69 Å². The number of methoxy groups -OCH3 is 1. The number of benzene rings is 1. The second kappa shape index (κ2) is 7.79. The molecule has 2 rings (SSSR count). The van der Waals surface area contributed by atoms with Crippen LogP contribution < -0.4 is 10.1 Å². The van der Waals surface area contributed by atoms with Crippen molar-refractivity contribution in [1.29, 1.82) is 0 Å². The highest BCUT2D eigenvalue weighted by atomic mass is 16.5. The van der Waals surface area contributed by atoms with Crippen molar-refractivity contribution in [3.63, 3.8) is 0 Å². The molecule has 0 spiro atoms. The van der Waals surface area contributed by atoms with Crippen LogP contribution >= 0.6 is 0 Å². The summed E-state index contributed by atoms with van der Waals surface area (Å²) in [6.45, 7) is 3.77. The molecule has 0 fully saturated rings. The Morgan fingerprint density at radius 2 is 2.14 bits per heavy atom. The molecule has 1 aromatic heterocycles. The molecule has 22 heavy (non-hydrogen) atoms. The maximum absolute atomic E-state index is 5.46. The second-order valence-electron chi connectivity index (χ2n) is 5.45. The van der Waals surface area contributed by atoms with Crippen LogP contribution in [0.15, 0.2) is 22.7 Å². The van der Waals surface area contributed by atoms with Gasteiger partial charge in [-0.25, -0.2) is 0 Å². The van der Waals surface area contributed by atoms with Crippen LogP contribution in [0.5, 0.6) is 5.75 Å². The first-order valence-electron chi connectivity index (χ1n) is 7.53. The monoisotopic (exact) mass is 304 g/mol. The number of nitrogens with one attached hydrogen (secondary N) is 1. The fraction of sp³-hybridized carbons (Fsp3) is 0.500. The van der Waals surface area contributed by atoms with Gasteiger partial charge in [0, 0.05) is 18.3 Å². The lowest BCUT2D eigenvalue weighted by molar-refractivity contribution is 0.364. The first-order chi connectivity index (χ1) is 10.6. The van der Waals surface area contributed by atoms with Gasteiger partial charge in [-0.1, -0.05) is 18.5 Å². The molecule has 2 aromatic rings. The van der Waals surface area contributed by atoms with Gasteiger partial charge in [-0.2, -0.15) is 4.98 Å². The largest absolute Gasteiger partial charge is 0.496 e. The molecule has 0 unspecified atom stereocenters. The number of ether oxygens (including phenoxy) is 1. The van der Waals surface area contributed by atoms with Crippen LogP contribution in [0.25, 0.3) is 11.5 Å². The zero-order valence-electron chi connectivity index (χ0n) is 13.7. The van der Waals surface area contributed by atoms with E-state index in [0.717, 1.165) is 30.0 Å². The maximum atomic E-state index is 5.46. The van der Waals surface area contributed by atoms with Crippen molar-refractivity contribution in [2.45, 2.75) is 26.3 Å². The van der Waals surface area contributed by atoms with Crippen molar-refractivity contribution in [3.05, 3.63) is 24.0 Å². The minimum absolute atomic E-state index is 0.480. The van der Waals surface area contributed by atoms with Crippen LogP contribution in [0.2, 0.25) is 0 Å². The number of unbranched alkanes of at least 4 members (excludes halogenated alkanes) is 1. The molecule has 0 saturated carbocycles. The van der Waals surface area contributed by atoms with Gasteiger partial charge >= 0.3 is 0 Å². The van der Waals surface area contributed by atoms with Crippen molar-refractivity contribution in [2.24, 2.45) is 0 Å². The molecule has 0 atom stereocenters. The maximum Gasteiger partial charge on any atom is 0.261 e. The van der Waals surface area contributed by atoms with Gasteiger partial charge in [0.2, 0.25) is 0 Å². The normalized spacial score (nSPS) is 11.0. The first kappa shape index (κ1) is 16.3. The Labute approximate surface area is 131 Å². The standard InChI is InChI=1S/C16H24N4O2/c1-5-6-9-17-12-7-8-13(14(10-12)21-4)16-18-15(19-22-16)11-20(2)3/h7-8,10,17H,5-6,9,11H2,1-4H3. The van der Waals surface area contributed by atoms with E-state index >= 15 is 0 Å². The lowest BCUT2D eigenvalue weighted by atomic mass is 10.1.